The van der Waals surface area contributed by atoms with Gasteiger partial charge in [0.1, 0.15) is 11.6 Å². The lowest BCUT2D eigenvalue weighted by molar-refractivity contribution is -0.118. The van der Waals surface area contributed by atoms with Crippen molar-refractivity contribution in [3.8, 4) is 0 Å². The Balaban J connectivity index is 1.60. The second kappa shape index (κ2) is 9.12. The first-order valence-electron chi connectivity index (χ1n) is 11.1. The number of nitrogens with zero attached hydrogens (tertiary/aromatic N) is 1. The minimum Gasteiger partial charge on any atom is -0.343 e. The topological polar surface area (TPSA) is 74.8 Å². The number of Topliss-reactive ketones (excluding diaryl/α,β-unsaturated/α-hetero) is 1. The zero-order chi connectivity index (χ0) is 24.9. The van der Waals surface area contributed by atoms with Crippen LogP contribution in [-0.4, -0.2) is 15.8 Å². The molecule has 5 nitrogen and oxygen atoms in total. The van der Waals surface area contributed by atoms with E-state index < -0.39 is 5.92 Å². The van der Waals surface area contributed by atoms with E-state index in [-0.39, 0.29) is 22.6 Å². The molecule has 0 saturated carbocycles. The van der Waals surface area contributed by atoms with Crippen molar-refractivity contribution in [1.82, 2.24) is 9.97 Å². The number of nitrogens with one attached hydrogen (secondary N) is 2. The Morgan fingerprint density at radius 1 is 1.11 bits per heavy atom. The highest BCUT2D eigenvalue weighted by atomic mass is 35.5. The Labute approximate surface area is 216 Å². The van der Waals surface area contributed by atoms with E-state index in [2.05, 4.69) is 15.3 Å². The van der Waals surface area contributed by atoms with Crippen LogP contribution in [0.3, 0.4) is 0 Å². The Morgan fingerprint density at radius 2 is 1.89 bits per heavy atom. The van der Waals surface area contributed by atoms with E-state index in [0.29, 0.717) is 61.9 Å². The molecule has 1 aliphatic heterocycles. The van der Waals surface area contributed by atoms with Crippen LogP contribution in [0, 0.1) is 11.2 Å². The number of allylic oxidation sites excluding steroid dienone is 2. The molecule has 2 aromatic carbocycles. The monoisotopic (exact) mass is 529 g/mol. The fraction of sp³-hybridized carbons (Fsp3) is 0.269. The highest BCUT2D eigenvalue weighted by molar-refractivity contribution is 7.98. The van der Waals surface area contributed by atoms with Crippen molar-refractivity contribution in [3.05, 3.63) is 96.6 Å². The first-order valence-corrected chi connectivity index (χ1v) is 12.9. The molecule has 9 heteroatoms. The molecule has 2 aliphatic rings. The summed E-state index contributed by atoms with van der Waals surface area (Å²) in [4.78, 5) is 34.2. The minimum absolute atomic E-state index is 0.0112. The minimum atomic E-state index is -0.624. The van der Waals surface area contributed by atoms with Crippen LogP contribution in [0.2, 0.25) is 10.0 Å². The number of hydrogen-bond donors (Lipinski definition) is 2. The number of benzene rings is 2. The molecule has 0 spiro atoms. The van der Waals surface area contributed by atoms with Gasteiger partial charge in [0.05, 0.1) is 15.6 Å². The van der Waals surface area contributed by atoms with E-state index in [1.54, 1.807) is 36.4 Å². The van der Waals surface area contributed by atoms with Gasteiger partial charge in [-0.25, -0.2) is 9.37 Å². The van der Waals surface area contributed by atoms with Gasteiger partial charge in [-0.2, -0.15) is 0 Å². The number of H-pyrrole nitrogens is 1. The number of rotatable bonds is 4. The third-order valence-corrected chi connectivity index (χ3v) is 7.96. The number of aromatic nitrogens is 2. The number of thioether (sulfide) groups is 1. The number of anilines is 1. The van der Waals surface area contributed by atoms with Crippen LogP contribution in [0.15, 0.2) is 63.7 Å². The lowest BCUT2D eigenvalue weighted by Crippen LogP contribution is -2.37. The molecule has 0 saturated heterocycles. The van der Waals surface area contributed by atoms with E-state index in [1.165, 1.54) is 17.8 Å². The molecule has 1 unspecified atom stereocenters. The van der Waals surface area contributed by atoms with Crippen molar-refractivity contribution < 1.29 is 9.18 Å². The molecule has 0 radical (unpaired) electrons. The summed E-state index contributed by atoms with van der Waals surface area (Å²) in [7, 11) is 0. The highest BCUT2D eigenvalue weighted by Crippen LogP contribution is 2.48. The van der Waals surface area contributed by atoms with Crippen LogP contribution in [0.25, 0.3) is 0 Å². The predicted octanol–water partition coefficient (Wildman–Crippen LogP) is 6.71. The summed E-state index contributed by atoms with van der Waals surface area (Å²) in [6.45, 7) is 4.09. The molecule has 0 bridgehead atoms. The van der Waals surface area contributed by atoms with E-state index in [9.17, 15) is 14.0 Å². The summed E-state index contributed by atoms with van der Waals surface area (Å²) < 4.78 is 14.1. The Hall–Kier alpha value is -2.61. The first-order chi connectivity index (χ1) is 16.6. The van der Waals surface area contributed by atoms with E-state index in [1.807, 2.05) is 13.8 Å². The Morgan fingerprint density at radius 3 is 2.63 bits per heavy atom. The van der Waals surface area contributed by atoms with E-state index in [0.717, 1.165) is 5.70 Å². The fourth-order valence-corrected chi connectivity index (χ4v) is 5.90. The maximum Gasteiger partial charge on any atom is 0.257 e. The second-order valence-electron chi connectivity index (χ2n) is 9.58. The summed E-state index contributed by atoms with van der Waals surface area (Å²) in [5, 5.41) is 4.38. The molecular formula is C26H22Cl2FN3O2S. The SMILES string of the molecule is CC1(C)CC(=O)C2=C(C1)Nc1nc(SCc3ccccc3F)[nH]c(=O)c1C2c1ccc(Cl)c(Cl)c1. The summed E-state index contributed by atoms with van der Waals surface area (Å²) in [6.07, 6.45) is 1.01. The van der Waals surface area contributed by atoms with Crippen LogP contribution in [0.5, 0.6) is 0 Å². The molecule has 5 rings (SSSR count). The Bertz CT molecular complexity index is 1450. The molecule has 1 aliphatic carbocycles. The van der Waals surface area contributed by atoms with Crippen molar-refractivity contribution >= 4 is 46.6 Å². The van der Waals surface area contributed by atoms with Gasteiger partial charge in [-0.05, 0) is 41.2 Å². The average Bonchev–Trinajstić information content (AvgIpc) is 2.78. The quantitative estimate of drug-likeness (QED) is 0.290. The number of carbonyl (C=O) groups excluding carboxylic acids is 1. The van der Waals surface area contributed by atoms with Gasteiger partial charge < -0.3 is 10.3 Å². The van der Waals surface area contributed by atoms with Crippen LogP contribution in [0.1, 0.15) is 49.3 Å². The molecule has 2 N–H and O–H groups in total. The third kappa shape index (κ3) is 4.65. The number of fused-ring (bicyclic) bond motifs is 1. The molecule has 0 fully saturated rings. The number of carbonyl (C=O) groups is 1. The second-order valence-corrected chi connectivity index (χ2v) is 11.4. The molecular weight excluding hydrogens is 508 g/mol. The van der Waals surface area contributed by atoms with Crippen LogP contribution in [-0.2, 0) is 10.5 Å². The smallest absolute Gasteiger partial charge is 0.257 e. The predicted molar refractivity (Wildman–Crippen MR) is 138 cm³/mol. The van der Waals surface area contributed by atoms with E-state index in [4.69, 9.17) is 23.2 Å². The van der Waals surface area contributed by atoms with Crippen LogP contribution < -0.4 is 10.9 Å². The fourth-order valence-electron chi connectivity index (χ4n) is 4.75. The van der Waals surface area contributed by atoms with Crippen molar-refractivity contribution in [1.29, 1.82) is 0 Å². The Kier molecular flexibility index (Phi) is 6.28. The number of hydrogen-bond acceptors (Lipinski definition) is 5. The summed E-state index contributed by atoms with van der Waals surface area (Å²) >= 11 is 13.7. The van der Waals surface area contributed by atoms with Crippen molar-refractivity contribution in [2.75, 3.05) is 5.32 Å². The number of ketones is 1. The first kappa shape index (κ1) is 24.1. The van der Waals surface area contributed by atoms with Gasteiger partial charge in [-0.15, -0.1) is 0 Å². The lowest BCUT2D eigenvalue weighted by Gasteiger charge is -2.38. The van der Waals surface area contributed by atoms with Gasteiger partial charge in [0, 0.05) is 29.4 Å². The molecule has 0 amide bonds. The van der Waals surface area contributed by atoms with Crippen molar-refractivity contribution in [3.63, 3.8) is 0 Å². The largest absolute Gasteiger partial charge is 0.343 e. The summed E-state index contributed by atoms with van der Waals surface area (Å²) in [6, 6.07) is 11.6. The van der Waals surface area contributed by atoms with Gasteiger partial charge in [0.2, 0.25) is 0 Å². The zero-order valence-corrected chi connectivity index (χ0v) is 21.4. The lowest BCUT2D eigenvalue weighted by atomic mass is 9.69. The molecule has 1 aromatic heterocycles. The molecule has 3 aromatic rings. The number of aromatic amines is 1. The maximum absolute atomic E-state index is 14.1. The maximum atomic E-state index is 14.1. The highest BCUT2D eigenvalue weighted by Gasteiger charge is 2.42. The van der Waals surface area contributed by atoms with Gasteiger partial charge in [-0.3, -0.25) is 9.59 Å². The van der Waals surface area contributed by atoms with Gasteiger partial charge in [-0.1, -0.05) is 73.1 Å². The molecule has 2 heterocycles. The number of halogens is 3. The standard InChI is InChI=1S/C26H22Cl2FN3O2S/c1-26(2)10-18-21(19(33)11-26)20(13-7-8-15(27)16(28)9-13)22-23(30-18)31-25(32-24(22)34)35-12-14-5-3-4-6-17(14)29/h3-9,20H,10-12H2,1-2H3,(H2,30,31,32,34). The average molecular weight is 530 g/mol. The van der Waals surface area contributed by atoms with E-state index >= 15 is 0 Å². The van der Waals surface area contributed by atoms with Crippen LogP contribution >= 0.6 is 35.0 Å². The van der Waals surface area contributed by atoms with Crippen molar-refractivity contribution in [2.45, 2.75) is 43.5 Å². The van der Waals surface area contributed by atoms with Crippen LogP contribution in [0.4, 0.5) is 10.2 Å². The molecule has 180 valence electrons. The molecule has 1 atom stereocenters. The van der Waals surface area contributed by atoms with Gasteiger partial charge in [0.25, 0.3) is 5.56 Å². The zero-order valence-electron chi connectivity index (χ0n) is 19.0. The summed E-state index contributed by atoms with van der Waals surface area (Å²) in [5.74, 6) is -0.241. The molecule has 35 heavy (non-hydrogen) atoms. The van der Waals surface area contributed by atoms with Crippen molar-refractivity contribution in [2.24, 2.45) is 5.41 Å². The third-order valence-electron chi connectivity index (χ3n) is 6.30. The normalized spacial score (nSPS) is 18.7. The summed E-state index contributed by atoms with van der Waals surface area (Å²) in [5.41, 5.74) is 2.30. The van der Waals surface area contributed by atoms with Gasteiger partial charge in [0.15, 0.2) is 10.9 Å². The van der Waals surface area contributed by atoms with Gasteiger partial charge >= 0.3 is 0 Å².